The van der Waals surface area contributed by atoms with Crippen LogP contribution in [0.1, 0.15) is 6.42 Å². The average Bonchev–Trinajstić information content (AvgIpc) is 2.65. The lowest BCUT2D eigenvalue weighted by molar-refractivity contribution is 0.534. The van der Waals surface area contributed by atoms with Crippen LogP contribution in [0.15, 0.2) is 12.3 Å². The molecule has 13 heavy (non-hydrogen) atoms. The highest BCUT2D eigenvalue weighted by Gasteiger charge is 2.20. The first-order valence-electron chi connectivity index (χ1n) is 4.80. The summed E-state index contributed by atoms with van der Waals surface area (Å²) in [5.41, 5.74) is 1.34. The molecular weight excluding hydrogens is 162 g/mol. The lowest BCUT2D eigenvalue weighted by Crippen LogP contribution is -2.52. The highest BCUT2D eigenvalue weighted by atomic mass is 15.1. The van der Waals surface area contributed by atoms with E-state index in [-0.39, 0.29) is 0 Å². The van der Waals surface area contributed by atoms with Gasteiger partial charge in [0.1, 0.15) is 0 Å². The van der Waals surface area contributed by atoms with Gasteiger partial charge in [0.05, 0.1) is 17.1 Å². The Kier molecular flexibility index (Phi) is 1.46. The van der Waals surface area contributed by atoms with Gasteiger partial charge in [0, 0.05) is 19.3 Å². The molecule has 2 aliphatic rings. The minimum Gasteiger partial charge on any atom is -0.384 e. The molecule has 3 nitrogen and oxygen atoms in total. The van der Waals surface area contributed by atoms with Gasteiger partial charge in [-0.2, -0.15) is 0 Å². The van der Waals surface area contributed by atoms with Crippen LogP contribution in [-0.4, -0.2) is 24.1 Å². The molecule has 1 fully saturated rings. The number of aromatic amines is 1. The Morgan fingerprint density at radius 2 is 2.31 bits per heavy atom. The Balaban J connectivity index is 2.26. The maximum absolute atomic E-state index is 3.50. The first-order valence-corrected chi connectivity index (χ1v) is 4.80. The smallest absolute Gasteiger partial charge is 0.0660 e. The van der Waals surface area contributed by atoms with E-state index in [1.54, 1.807) is 0 Å². The number of rotatable bonds is 0. The Bertz CT molecular complexity index is 429. The van der Waals surface area contributed by atoms with Crippen molar-refractivity contribution in [3.05, 3.63) is 22.8 Å². The van der Waals surface area contributed by atoms with E-state index in [0.717, 1.165) is 19.5 Å². The van der Waals surface area contributed by atoms with Crippen LogP contribution in [0.4, 0.5) is 0 Å². The summed E-state index contributed by atoms with van der Waals surface area (Å²) in [5, 5.41) is 9.57. The number of nitrogens with one attached hydrogen (secondary N) is 3. The van der Waals surface area contributed by atoms with Crippen molar-refractivity contribution in [2.75, 3.05) is 13.1 Å². The van der Waals surface area contributed by atoms with Gasteiger partial charge in [-0.1, -0.05) is 6.08 Å². The van der Waals surface area contributed by atoms with E-state index >= 15 is 0 Å². The zero-order valence-electron chi connectivity index (χ0n) is 7.43. The molecule has 0 aromatic carbocycles. The van der Waals surface area contributed by atoms with Crippen LogP contribution in [0.25, 0.3) is 11.8 Å². The minimum absolute atomic E-state index is 0.500. The zero-order valence-corrected chi connectivity index (χ0v) is 7.43. The molecule has 68 valence electrons. The third-order valence-corrected chi connectivity index (χ3v) is 2.80. The van der Waals surface area contributed by atoms with Gasteiger partial charge < -0.3 is 15.6 Å². The Morgan fingerprint density at radius 1 is 1.31 bits per heavy atom. The molecule has 1 aromatic rings. The van der Waals surface area contributed by atoms with Gasteiger partial charge in [-0.25, -0.2) is 0 Å². The topological polar surface area (TPSA) is 39.9 Å². The number of aromatic nitrogens is 1. The zero-order chi connectivity index (χ0) is 8.67. The predicted octanol–water partition coefficient (Wildman–Crippen LogP) is -1.13. The van der Waals surface area contributed by atoms with Crippen LogP contribution in [0.2, 0.25) is 0 Å². The highest BCUT2D eigenvalue weighted by Crippen LogP contribution is 2.08. The normalized spacial score (nSPS) is 25.5. The molecule has 1 aromatic heterocycles. The monoisotopic (exact) mass is 175 g/mol. The summed E-state index contributed by atoms with van der Waals surface area (Å²) in [6.45, 7) is 2.10. The van der Waals surface area contributed by atoms with Crippen molar-refractivity contribution in [2.24, 2.45) is 0 Å². The molecule has 1 atom stereocenters. The molecule has 0 spiro atoms. The van der Waals surface area contributed by atoms with Crippen LogP contribution in [0.3, 0.4) is 0 Å². The van der Waals surface area contributed by atoms with Gasteiger partial charge in [0.25, 0.3) is 0 Å². The molecule has 0 saturated carbocycles. The van der Waals surface area contributed by atoms with E-state index in [1.165, 1.54) is 16.3 Å². The summed E-state index contributed by atoms with van der Waals surface area (Å²) in [7, 11) is 0. The van der Waals surface area contributed by atoms with E-state index < -0.39 is 0 Å². The first kappa shape index (κ1) is 7.21. The highest BCUT2D eigenvalue weighted by molar-refractivity contribution is 5.54. The molecule has 3 rings (SSSR count). The summed E-state index contributed by atoms with van der Waals surface area (Å²) in [6.07, 6.45) is 5.40. The van der Waals surface area contributed by atoms with Gasteiger partial charge in [0.2, 0.25) is 0 Å². The molecule has 1 unspecified atom stereocenters. The van der Waals surface area contributed by atoms with Gasteiger partial charge in [-0.3, -0.25) is 0 Å². The molecule has 1 saturated heterocycles. The first-order chi connectivity index (χ1) is 6.45. The second-order valence-electron chi connectivity index (χ2n) is 3.60. The maximum atomic E-state index is 3.50. The number of hydrogen-bond donors (Lipinski definition) is 3. The lowest BCUT2D eigenvalue weighted by Gasteiger charge is -2.28. The molecular formula is C10H13N3. The maximum Gasteiger partial charge on any atom is 0.0660 e. The third kappa shape index (κ3) is 1.00. The van der Waals surface area contributed by atoms with Crippen molar-refractivity contribution in [1.82, 2.24) is 15.6 Å². The van der Waals surface area contributed by atoms with Crippen LogP contribution in [0, 0.1) is 0 Å². The fourth-order valence-electron chi connectivity index (χ4n) is 2.16. The Morgan fingerprint density at radius 3 is 3.31 bits per heavy atom. The van der Waals surface area contributed by atoms with Crippen LogP contribution in [0.5, 0.6) is 0 Å². The molecule has 3 heteroatoms. The van der Waals surface area contributed by atoms with Crippen molar-refractivity contribution in [1.29, 1.82) is 0 Å². The molecule has 2 heterocycles. The van der Waals surface area contributed by atoms with E-state index in [4.69, 9.17) is 0 Å². The molecule has 3 N–H and O–H groups in total. The van der Waals surface area contributed by atoms with Crippen molar-refractivity contribution >= 4 is 11.8 Å². The number of H-pyrrole nitrogens is 1. The van der Waals surface area contributed by atoms with Crippen LogP contribution >= 0.6 is 0 Å². The van der Waals surface area contributed by atoms with Crippen LogP contribution < -0.4 is 21.2 Å². The second-order valence-corrected chi connectivity index (χ2v) is 3.60. The summed E-state index contributed by atoms with van der Waals surface area (Å²) < 4.78 is 0. The minimum atomic E-state index is 0.500. The summed E-state index contributed by atoms with van der Waals surface area (Å²) in [6, 6.07) is 2.63. The average molecular weight is 175 g/mol. The van der Waals surface area contributed by atoms with E-state index in [1.807, 2.05) is 6.20 Å². The van der Waals surface area contributed by atoms with Gasteiger partial charge in [-0.15, -0.1) is 0 Å². The number of hydrogen-bond acceptors (Lipinski definition) is 2. The third-order valence-electron chi connectivity index (χ3n) is 2.80. The van der Waals surface area contributed by atoms with E-state index in [9.17, 15) is 0 Å². The van der Waals surface area contributed by atoms with Crippen molar-refractivity contribution < 1.29 is 0 Å². The van der Waals surface area contributed by atoms with Crippen molar-refractivity contribution in [3.8, 4) is 0 Å². The van der Waals surface area contributed by atoms with Gasteiger partial charge in [0.15, 0.2) is 0 Å². The summed E-state index contributed by atoms with van der Waals surface area (Å²) in [4.78, 5) is 3.29. The largest absolute Gasteiger partial charge is 0.384 e. The summed E-state index contributed by atoms with van der Waals surface area (Å²) >= 11 is 0. The summed E-state index contributed by atoms with van der Waals surface area (Å²) in [5.74, 6) is 0. The van der Waals surface area contributed by atoms with Crippen molar-refractivity contribution in [2.45, 2.75) is 12.5 Å². The van der Waals surface area contributed by atoms with E-state index in [2.05, 4.69) is 27.8 Å². The number of fused-ring (bicyclic) bond motifs is 2. The lowest BCUT2D eigenvalue weighted by atomic mass is 10.0. The quantitative estimate of drug-likeness (QED) is 0.467. The molecule has 0 radical (unpaired) electrons. The standard InChI is InChI=1S/C10H13N3/c1-2-8-10(13-6-5-11-8)9-7(1)3-4-12-9/h1,3-4,8,11-13H,2,5-6H2. The fourth-order valence-corrected chi connectivity index (χ4v) is 2.16. The predicted molar refractivity (Wildman–Crippen MR) is 52.3 cm³/mol. The van der Waals surface area contributed by atoms with E-state index in [0.29, 0.717) is 6.04 Å². The number of piperazine rings is 1. The fraction of sp³-hybridized carbons (Fsp3) is 0.400. The Labute approximate surface area is 76.5 Å². The SMILES string of the molecule is C1=c2cc[nH]c2=C2NCCNC2C1. The van der Waals surface area contributed by atoms with Gasteiger partial charge >= 0.3 is 0 Å². The molecule has 1 aliphatic carbocycles. The molecule has 1 aliphatic heterocycles. The molecule has 0 amide bonds. The van der Waals surface area contributed by atoms with Crippen molar-refractivity contribution in [3.63, 3.8) is 0 Å². The van der Waals surface area contributed by atoms with Crippen LogP contribution in [-0.2, 0) is 0 Å². The second kappa shape index (κ2) is 2.64. The molecule has 0 bridgehead atoms. The van der Waals surface area contributed by atoms with Gasteiger partial charge in [-0.05, 0) is 17.7 Å². The Hall–Kier alpha value is -1.22.